The van der Waals surface area contributed by atoms with Gasteiger partial charge in [0.25, 0.3) is 0 Å². The van der Waals surface area contributed by atoms with E-state index < -0.39 is 11.6 Å². The Morgan fingerprint density at radius 3 is 2.81 bits per heavy atom. The summed E-state index contributed by atoms with van der Waals surface area (Å²) >= 11 is 3.42. The van der Waals surface area contributed by atoms with Crippen LogP contribution < -0.4 is 5.32 Å². The molecule has 1 saturated carbocycles. The van der Waals surface area contributed by atoms with Crippen molar-refractivity contribution in [1.29, 1.82) is 0 Å². The third-order valence-electron chi connectivity index (χ3n) is 3.82. The van der Waals surface area contributed by atoms with Crippen LogP contribution in [0.4, 0.5) is 4.79 Å². The van der Waals surface area contributed by atoms with E-state index in [9.17, 15) is 4.79 Å². The number of carbonyl (C=O) groups is 1. The third-order valence-corrected chi connectivity index (χ3v) is 4.32. The molecule has 7 heteroatoms. The first kappa shape index (κ1) is 14.1. The highest BCUT2D eigenvalue weighted by atomic mass is 79.9. The summed E-state index contributed by atoms with van der Waals surface area (Å²) in [7, 11) is 0. The standard InChI is InChI=1S/C14H15BrN4O2/c15-10-5-3-4-9(8-10)11-16-12(19-18-11)14(17-13(20)21)6-1-2-7-14/h3-5,8,17H,1-2,6-7H2,(H,20,21)(H,16,18,19). The molecule has 1 aliphatic rings. The van der Waals surface area contributed by atoms with Gasteiger partial charge in [-0.2, -0.15) is 5.10 Å². The molecule has 3 N–H and O–H groups in total. The molecule has 0 spiro atoms. The van der Waals surface area contributed by atoms with Gasteiger partial charge in [0.15, 0.2) is 11.6 Å². The number of rotatable bonds is 3. The fourth-order valence-corrected chi connectivity index (χ4v) is 3.24. The number of H-pyrrole nitrogens is 1. The smallest absolute Gasteiger partial charge is 0.405 e. The van der Waals surface area contributed by atoms with Crippen LogP contribution in [0, 0.1) is 0 Å². The van der Waals surface area contributed by atoms with Crippen LogP contribution in [-0.2, 0) is 5.54 Å². The molecule has 6 nitrogen and oxygen atoms in total. The van der Waals surface area contributed by atoms with E-state index in [1.54, 1.807) is 0 Å². The van der Waals surface area contributed by atoms with Crippen molar-refractivity contribution in [2.45, 2.75) is 31.2 Å². The maximum Gasteiger partial charge on any atom is 0.405 e. The lowest BCUT2D eigenvalue weighted by molar-refractivity contribution is 0.175. The maximum absolute atomic E-state index is 11.1. The lowest BCUT2D eigenvalue weighted by atomic mass is 9.97. The second-order valence-electron chi connectivity index (χ2n) is 5.24. The van der Waals surface area contributed by atoms with Crippen molar-refractivity contribution in [3.63, 3.8) is 0 Å². The number of aromatic nitrogens is 3. The number of amides is 1. The fourth-order valence-electron chi connectivity index (χ4n) is 2.84. The summed E-state index contributed by atoms with van der Waals surface area (Å²) in [6.45, 7) is 0. The molecule has 2 aromatic rings. The van der Waals surface area contributed by atoms with Crippen molar-refractivity contribution >= 4 is 22.0 Å². The van der Waals surface area contributed by atoms with E-state index >= 15 is 0 Å². The van der Waals surface area contributed by atoms with Crippen molar-refractivity contribution in [3.8, 4) is 11.4 Å². The zero-order chi connectivity index (χ0) is 14.9. The van der Waals surface area contributed by atoms with Crippen LogP contribution in [0.3, 0.4) is 0 Å². The summed E-state index contributed by atoms with van der Waals surface area (Å²) in [5.74, 6) is 1.17. The molecule has 1 aromatic heterocycles. The minimum absolute atomic E-state index is 0.574. The van der Waals surface area contributed by atoms with Crippen LogP contribution in [0.1, 0.15) is 31.5 Å². The summed E-state index contributed by atoms with van der Waals surface area (Å²) in [5.41, 5.74) is 0.249. The highest BCUT2D eigenvalue weighted by molar-refractivity contribution is 9.10. The number of hydrogen-bond acceptors (Lipinski definition) is 3. The Morgan fingerprint density at radius 1 is 1.38 bits per heavy atom. The van der Waals surface area contributed by atoms with Crippen LogP contribution in [0.15, 0.2) is 28.7 Å². The zero-order valence-electron chi connectivity index (χ0n) is 11.3. The summed E-state index contributed by atoms with van der Waals surface area (Å²) in [5, 5.41) is 18.8. The second-order valence-corrected chi connectivity index (χ2v) is 6.15. The topological polar surface area (TPSA) is 90.9 Å². The normalized spacial score (nSPS) is 16.8. The molecule has 110 valence electrons. The lowest BCUT2D eigenvalue weighted by Crippen LogP contribution is -2.44. The molecule has 1 aromatic carbocycles. The second kappa shape index (κ2) is 5.48. The van der Waals surface area contributed by atoms with E-state index in [1.165, 1.54) is 0 Å². The van der Waals surface area contributed by atoms with Gasteiger partial charge in [0, 0.05) is 10.0 Å². The van der Waals surface area contributed by atoms with Crippen LogP contribution in [0.25, 0.3) is 11.4 Å². The summed E-state index contributed by atoms with van der Waals surface area (Å²) in [6, 6.07) is 7.69. The Labute approximate surface area is 130 Å². The molecule has 0 radical (unpaired) electrons. The van der Waals surface area contributed by atoms with Crippen LogP contribution in [0.5, 0.6) is 0 Å². The molecule has 1 fully saturated rings. The Bertz CT molecular complexity index is 664. The first-order valence-corrected chi connectivity index (χ1v) is 7.58. The first-order valence-electron chi connectivity index (χ1n) is 6.79. The minimum atomic E-state index is -1.03. The number of aromatic amines is 1. The predicted molar refractivity (Wildman–Crippen MR) is 80.8 cm³/mol. The highest BCUT2D eigenvalue weighted by Gasteiger charge is 2.40. The molecule has 1 heterocycles. The van der Waals surface area contributed by atoms with Gasteiger partial charge in [-0.25, -0.2) is 9.78 Å². The molecule has 0 saturated heterocycles. The predicted octanol–water partition coefficient (Wildman–Crippen LogP) is 3.27. The van der Waals surface area contributed by atoms with Crippen LogP contribution in [-0.4, -0.2) is 26.4 Å². The van der Waals surface area contributed by atoms with Crippen molar-refractivity contribution in [1.82, 2.24) is 20.5 Å². The van der Waals surface area contributed by atoms with E-state index in [0.717, 1.165) is 35.7 Å². The van der Waals surface area contributed by atoms with Gasteiger partial charge in [-0.3, -0.25) is 5.10 Å². The number of halogens is 1. The maximum atomic E-state index is 11.1. The Hall–Kier alpha value is -1.89. The Balaban J connectivity index is 1.94. The lowest BCUT2D eigenvalue weighted by Gasteiger charge is -2.25. The molecule has 21 heavy (non-hydrogen) atoms. The molecule has 0 aliphatic heterocycles. The zero-order valence-corrected chi connectivity index (χ0v) is 12.9. The molecule has 0 atom stereocenters. The van der Waals surface area contributed by atoms with Gasteiger partial charge in [0.2, 0.25) is 0 Å². The van der Waals surface area contributed by atoms with Gasteiger partial charge in [-0.15, -0.1) is 0 Å². The molecule has 3 rings (SSSR count). The molecular formula is C14H15BrN4O2. The van der Waals surface area contributed by atoms with Crippen molar-refractivity contribution in [3.05, 3.63) is 34.6 Å². The molecule has 1 amide bonds. The van der Waals surface area contributed by atoms with Gasteiger partial charge in [-0.05, 0) is 25.0 Å². The van der Waals surface area contributed by atoms with Crippen molar-refractivity contribution in [2.24, 2.45) is 0 Å². The minimum Gasteiger partial charge on any atom is -0.465 e. The van der Waals surface area contributed by atoms with Crippen molar-refractivity contribution < 1.29 is 9.90 Å². The SMILES string of the molecule is O=C(O)NC1(c2nc(-c3cccc(Br)c3)n[nH]2)CCCC1. The van der Waals surface area contributed by atoms with Crippen LogP contribution >= 0.6 is 15.9 Å². The third kappa shape index (κ3) is 2.78. The average Bonchev–Trinajstić information content (AvgIpc) is 3.07. The monoisotopic (exact) mass is 350 g/mol. The number of benzene rings is 1. The Kier molecular flexibility index (Phi) is 3.67. The number of carboxylic acid groups (broad SMARTS) is 1. The van der Waals surface area contributed by atoms with Gasteiger partial charge >= 0.3 is 6.09 Å². The van der Waals surface area contributed by atoms with E-state index in [2.05, 4.69) is 36.4 Å². The van der Waals surface area contributed by atoms with E-state index in [0.29, 0.717) is 11.6 Å². The van der Waals surface area contributed by atoms with E-state index in [1.807, 2.05) is 24.3 Å². The van der Waals surface area contributed by atoms with Gasteiger partial charge in [0.1, 0.15) is 5.54 Å². The fraction of sp³-hybridized carbons (Fsp3) is 0.357. The van der Waals surface area contributed by atoms with E-state index in [-0.39, 0.29) is 0 Å². The number of nitrogens with one attached hydrogen (secondary N) is 2. The van der Waals surface area contributed by atoms with Gasteiger partial charge in [0.05, 0.1) is 0 Å². The van der Waals surface area contributed by atoms with Gasteiger partial charge in [-0.1, -0.05) is 40.9 Å². The van der Waals surface area contributed by atoms with Crippen LogP contribution in [0.2, 0.25) is 0 Å². The largest absolute Gasteiger partial charge is 0.465 e. The number of nitrogens with zero attached hydrogens (tertiary/aromatic N) is 2. The molecular weight excluding hydrogens is 336 g/mol. The summed E-state index contributed by atoms with van der Waals surface area (Å²) in [4.78, 5) is 15.6. The quantitative estimate of drug-likeness (QED) is 0.792. The summed E-state index contributed by atoms with van der Waals surface area (Å²) < 4.78 is 0.950. The molecule has 0 bridgehead atoms. The first-order chi connectivity index (χ1) is 10.1. The highest BCUT2D eigenvalue weighted by Crippen LogP contribution is 2.37. The van der Waals surface area contributed by atoms with Crippen molar-refractivity contribution in [2.75, 3.05) is 0 Å². The number of hydrogen-bond donors (Lipinski definition) is 3. The average molecular weight is 351 g/mol. The molecule has 1 aliphatic carbocycles. The Morgan fingerprint density at radius 2 is 2.14 bits per heavy atom. The molecule has 0 unspecified atom stereocenters. The summed E-state index contributed by atoms with van der Waals surface area (Å²) in [6.07, 6.45) is 2.41. The van der Waals surface area contributed by atoms with E-state index in [4.69, 9.17) is 5.11 Å². The van der Waals surface area contributed by atoms with Gasteiger partial charge < -0.3 is 10.4 Å².